The molecule has 1 aromatic rings. The molecule has 0 spiro atoms. The van der Waals surface area contributed by atoms with E-state index in [1.54, 1.807) is 0 Å². The van der Waals surface area contributed by atoms with Gasteiger partial charge in [-0.3, -0.25) is 24.6 Å². The summed E-state index contributed by atoms with van der Waals surface area (Å²) in [6.45, 7) is -0.537. The standard InChI is InChI=1S/C14H11F3N4O3S/c15-14(16,17)12-19-20-13(25-12)18-7(22)4-21-10(23)8-5-1-2-6(3-5)9(8)11(21)24/h1-2,5-6,8-9H,3-4H2,(H,18,20,22)/t5-,6-,8+,9+/m0/s1. The zero-order valence-corrected chi connectivity index (χ0v) is 13.3. The second kappa shape index (κ2) is 5.35. The number of carbonyl (C=O) groups excluding carboxylic acids is 3. The second-order valence-corrected chi connectivity index (χ2v) is 7.20. The number of anilines is 1. The Labute approximate surface area is 142 Å². The quantitative estimate of drug-likeness (QED) is 0.638. The maximum atomic E-state index is 12.5. The minimum absolute atomic E-state index is 0.0250. The van der Waals surface area contributed by atoms with E-state index in [1.807, 2.05) is 12.2 Å². The van der Waals surface area contributed by atoms with Crippen molar-refractivity contribution in [3.05, 3.63) is 17.2 Å². The molecule has 0 aromatic carbocycles. The molecule has 2 fully saturated rings. The number of imide groups is 1. The maximum absolute atomic E-state index is 12.5. The molecule has 2 bridgehead atoms. The molecule has 0 radical (unpaired) electrons. The van der Waals surface area contributed by atoms with E-state index in [4.69, 9.17) is 0 Å². The van der Waals surface area contributed by atoms with Gasteiger partial charge in [0.05, 0.1) is 11.8 Å². The van der Waals surface area contributed by atoms with Crippen molar-refractivity contribution in [2.75, 3.05) is 11.9 Å². The summed E-state index contributed by atoms with van der Waals surface area (Å²) in [6.07, 6.45) is -0.00984. The summed E-state index contributed by atoms with van der Waals surface area (Å²) < 4.78 is 37.4. The number of halogens is 3. The van der Waals surface area contributed by atoms with Gasteiger partial charge in [0.1, 0.15) is 6.54 Å². The summed E-state index contributed by atoms with van der Waals surface area (Å²) in [5.41, 5.74) is 0. The van der Waals surface area contributed by atoms with Gasteiger partial charge >= 0.3 is 6.18 Å². The van der Waals surface area contributed by atoms with E-state index in [9.17, 15) is 27.6 Å². The fraction of sp³-hybridized carbons (Fsp3) is 0.500. The molecule has 2 aliphatic carbocycles. The van der Waals surface area contributed by atoms with Crippen LogP contribution in [0.5, 0.6) is 0 Å². The van der Waals surface area contributed by atoms with Crippen molar-refractivity contribution >= 4 is 34.2 Å². The van der Waals surface area contributed by atoms with Crippen LogP contribution < -0.4 is 5.32 Å². The van der Waals surface area contributed by atoms with Crippen molar-refractivity contribution in [2.24, 2.45) is 23.7 Å². The lowest BCUT2D eigenvalue weighted by Gasteiger charge is -2.16. The first-order valence-corrected chi connectivity index (χ1v) is 8.31. The highest BCUT2D eigenvalue weighted by Gasteiger charge is 2.59. The molecule has 1 N–H and O–H groups in total. The lowest BCUT2D eigenvalue weighted by molar-refractivity contribution is -0.143. The third-order valence-corrected chi connectivity index (χ3v) is 5.66. The molecule has 1 aliphatic heterocycles. The summed E-state index contributed by atoms with van der Waals surface area (Å²) in [5, 5.41) is 6.82. The third kappa shape index (κ3) is 2.53. The average Bonchev–Trinajstić information content (AvgIpc) is 3.27. The molecule has 132 valence electrons. The van der Waals surface area contributed by atoms with Gasteiger partial charge in [0, 0.05) is 0 Å². The smallest absolute Gasteiger partial charge is 0.299 e. The fourth-order valence-electron chi connectivity index (χ4n) is 3.81. The zero-order chi connectivity index (χ0) is 17.9. The first-order valence-electron chi connectivity index (χ1n) is 7.50. The lowest BCUT2D eigenvalue weighted by Crippen LogP contribution is -2.39. The van der Waals surface area contributed by atoms with Gasteiger partial charge in [-0.1, -0.05) is 23.5 Å². The minimum Gasteiger partial charge on any atom is -0.299 e. The Bertz CT molecular complexity index is 775. The van der Waals surface area contributed by atoms with Gasteiger partial charge in [-0.2, -0.15) is 13.2 Å². The number of likely N-dealkylation sites (tertiary alicyclic amines) is 1. The first kappa shape index (κ1) is 16.2. The number of aromatic nitrogens is 2. The molecule has 7 nitrogen and oxygen atoms in total. The van der Waals surface area contributed by atoms with Gasteiger partial charge < -0.3 is 0 Å². The van der Waals surface area contributed by atoms with Gasteiger partial charge in [0.2, 0.25) is 27.9 Å². The molecule has 0 unspecified atom stereocenters. The molecule has 25 heavy (non-hydrogen) atoms. The Morgan fingerprint density at radius 2 is 1.80 bits per heavy atom. The van der Waals surface area contributed by atoms with Gasteiger partial charge in [-0.05, 0) is 18.3 Å². The Morgan fingerprint density at radius 1 is 1.20 bits per heavy atom. The van der Waals surface area contributed by atoms with Crippen molar-refractivity contribution in [3.8, 4) is 0 Å². The predicted octanol–water partition coefficient (Wildman–Crippen LogP) is 1.30. The highest BCUT2D eigenvalue weighted by atomic mass is 32.1. The normalized spacial score (nSPS) is 30.3. The summed E-state index contributed by atoms with van der Waals surface area (Å²) in [7, 11) is 0. The molecule has 2 heterocycles. The van der Waals surface area contributed by atoms with Crippen LogP contribution in [0.2, 0.25) is 0 Å². The number of hydrogen-bond donors (Lipinski definition) is 1. The van der Waals surface area contributed by atoms with Crippen LogP contribution in [0.25, 0.3) is 0 Å². The van der Waals surface area contributed by atoms with Crippen LogP contribution in [0.1, 0.15) is 11.4 Å². The molecule has 3 amide bonds. The SMILES string of the molecule is O=C(CN1C(=O)[C@H]2[C@H](C1=O)[C@H]1C=C[C@H]2C1)Nc1nnc(C(F)(F)F)s1. The molecule has 1 aromatic heterocycles. The Kier molecular flexibility index (Phi) is 3.46. The lowest BCUT2D eigenvalue weighted by atomic mass is 9.85. The van der Waals surface area contributed by atoms with Crippen molar-refractivity contribution in [2.45, 2.75) is 12.6 Å². The van der Waals surface area contributed by atoms with Crippen molar-refractivity contribution in [1.82, 2.24) is 15.1 Å². The van der Waals surface area contributed by atoms with Crippen molar-refractivity contribution < 1.29 is 27.6 Å². The van der Waals surface area contributed by atoms with Crippen LogP contribution in [0.3, 0.4) is 0 Å². The Morgan fingerprint density at radius 3 is 2.32 bits per heavy atom. The number of nitrogens with one attached hydrogen (secondary N) is 1. The molecule has 1 saturated heterocycles. The number of allylic oxidation sites excluding steroid dienone is 2. The van der Waals surface area contributed by atoms with E-state index < -0.39 is 47.3 Å². The van der Waals surface area contributed by atoms with Gasteiger partial charge in [0.25, 0.3) is 0 Å². The number of carbonyl (C=O) groups is 3. The predicted molar refractivity (Wildman–Crippen MR) is 78.0 cm³/mol. The van der Waals surface area contributed by atoms with Crippen LogP contribution in [-0.4, -0.2) is 39.4 Å². The second-order valence-electron chi connectivity index (χ2n) is 6.22. The zero-order valence-electron chi connectivity index (χ0n) is 12.5. The number of amides is 3. The van der Waals surface area contributed by atoms with E-state index in [1.165, 1.54) is 0 Å². The summed E-state index contributed by atoms with van der Waals surface area (Å²) >= 11 is 0.178. The maximum Gasteiger partial charge on any atom is 0.445 e. The fourth-order valence-corrected chi connectivity index (χ4v) is 4.44. The largest absolute Gasteiger partial charge is 0.445 e. The number of fused-ring (bicyclic) bond motifs is 5. The number of nitrogens with zero attached hydrogens (tertiary/aromatic N) is 3. The van der Waals surface area contributed by atoms with E-state index in [0.29, 0.717) is 0 Å². The van der Waals surface area contributed by atoms with Crippen molar-refractivity contribution in [3.63, 3.8) is 0 Å². The molecular weight excluding hydrogens is 361 g/mol. The summed E-state index contributed by atoms with van der Waals surface area (Å²) in [6, 6.07) is 0. The van der Waals surface area contributed by atoms with E-state index in [2.05, 4.69) is 15.5 Å². The molecular formula is C14H11F3N4O3S. The highest BCUT2D eigenvalue weighted by Crippen LogP contribution is 2.52. The van der Waals surface area contributed by atoms with Crippen LogP contribution in [0.4, 0.5) is 18.3 Å². The van der Waals surface area contributed by atoms with E-state index in [-0.39, 0.29) is 28.3 Å². The third-order valence-electron chi connectivity index (χ3n) is 4.78. The Hall–Kier alpha value is -2.30. The number of rotatable bonds is 3. The number of hydrogen-bond acceptors (Lipinski definition) is 6. The molecule has 4 atom stereocenters. The summed E-state index contributed by atoms with van der Waals surface area (Å²) in [4.78, 5) is 37.7. The van der Waals surface area contributed by atoms with Gasteiger partial charge in [-0.15, -0.1) is 10.2 Å². The minimum atomic E-state index is -4.65. The average molecular weight is 372 g/mol. The van der Waals surface area contributed by atoms with E-state index >= 15 is 0 Å². The highest BCUT2D eigenvalue weighted by molar-refractivity contribution is 7.15. The van der Waals surface area contributed by atoms with Crippen LogP contribution in [-0.2, 0) is 20.6 Å². The van der Waals surface area contributed by atoms with Gasteiger partial charge in [0.15, 0.2) is 0 Å². The van der Waals surface area contributed by atoms with Gasteiger partial charge in [-0.25, -0.2) is 0 Å². The van der Waals surface area contributed by atoms with Crippen molar-refractivity contribution in [1.29, 1.82) is 0 Å². The van der Waals surface area contributed by atoms with Crippen LogP contribution in [0, 0.1) is 23.7 Å². The molecule has 11 heteroatoms. The molecule has 4 rings (SSSR count). The summed E-state index contributed by atoms with van der Waals surface area (Å²) in [5.74, 6) is -2.37. The van der Waals surface area contributed by atoms with Crippen LogP contribution in [0.15, 0.2) is 12.2 Å². The molecule has 1 saturated carbocycles. The molecule has 3 aliphatic rings. The van der Waals surface area contributed by atoms with Crippen LogP contribution >= 0.6 is 11.3 Å². The first-order chi connectivity index (χ1) is 11.8. The van der Waals surface area contributed by atoms with E-state index in [0.717, 1.165) is 11.3 Å². The number of alkyl halides is 3. The monoisotopic (exact) mass is 372 g/mol. The topological polar surface area (TPSA) is 92.3 Å². The Balaban J connectivity index is 1.43.